The highest BCUT2D eigenvalue weighted by atomic mass is 19.1. The minimum atomic E-state index is -0.662. The second-order valence-electron chi connectivity index (χ2n) is 5.47. The van der Waals surface area contributed by atoms with Gasteiger partial charge in [0.1, 0.15) is 30.3 Å². The fraction of sp³-hybridized carbons (Fsp3) is 0.222. The molecule has 2 N–H and O–H groups in total. The number of phenolic OH excluding ortho intramolecular Hbond substituents is 2. The highest BCUT2D eigenvalue weighted by molar-refractivity contribution is 6.05. The summed E-state index contributed by atoms with van der Waals surface area (Å²) in [4.78, 5) is 24.4. The van der Waals surface area contributed by atoms with E-state index >= 15 is 0 Å². The fourth-order valence-electron chi connectivity index (χ4n) is 2.60. The van der Waals surface area contributed by atoms with Crippen molar-refractivity contribution in [3.05, 3.63) is 47.3 Å². The second kappa shape index (κ2) is 6.80. The fourth-order valence-corrected chi connectivity index (χ4v) is 2.60. The number of carbonyl (C=O) groups is 2. The molecule has 0 saturated carbocycles. The number of hydrogen-bond acceptors (Lipinski definition) is 6. The van der Waals surface area contributed by atoms with Gasteiger partial charge in [0.2, 0.25) is 5.75 Å². The van der Waals surface area contributed by atoms with Crippen LogP contribution in [0.3, 0.4) is 0 Å². The number of rotatable bonds is 5. The number of fused-ring (bicyclic) bond motifs is 1. The van der Waals surface area contributed by atoms with Crippen molar-refractivity contribution in [1.82, 2.24) is 0 Å². The highest BCUT2D eigenvalue weighted by Crippen LogP contribution is 2.46. The lowest BCUT2D eigenvalue weighted by Gasteiger charge is -2.21. The molecular formula is C18H15FO6. The van der Waals surface area contributed by atoms with Crippen LogP contribution >= 0.6 is 0 Å². The molecule has 0 radical (unpaired) electrons. The van der Waals surface area contributed by atoms with E-state index in [2.05, 4.69) is 0 Å². The maximum atomic E-state index is 13.6. The van der Waals surface area contributed by atoms with E-state index < -0.39 is 28.9 Å². The number of ether oxygens (including phenoxy) is 2. The van der Waals surface area contributed by atoms with Crippen LogP contribution in [-0.4, -0.2) is 35.0 Å². The molecule has 0 spiro atoms. The van der Waals surface area contributed by atoms with Gasteiger partial charge >= 0.3 is 0 Å². The minimum absolute atomic E-state index is 0.0205. The molecule has 2 aromatic rings. The average Bonchev–Trinajstić information content (AvgIpc) is 2.60. The zero-order valence-corrected chi connectivity index (χ0v) is 13.1. The Morgan fingerprint density at radius 2 is 1.72 bits per heavy atom. The number of ketones is 2. The molecule has 1 aliphatic heterocycles. The van der Waals surface area contributed by atoms with Crippen LogP contribution in [0.4, 0.5) is 4.39 Å². The van der Waals surface area contributed by atoms with Gasteiger partial charge in [0.05, 0.1) is 5.56 Å². The third kappa shape index (κ3) is 3.26. The summed E-state index contributed by atoms with van der Waals surface area (Å²) in [6.07, 6.45) is -0.555. The molecule has 3 rings (SSSR count). The average molecular weight is 346 g/mol. The van der Waals surface area contributed by atoms with E-state index in [1.54, 1.807) is 0 Å². The maximum absolute atomic E-state index is 13.6. The predicted octanol–water partition coefficient (Wildman–Crippen LogP) is 2.85. The largest absolute Gasteiger partial charge is 0.507 e. The molecule has 1 aliphatic rings. The van der Waals surface area contributed by atoms with Crippen molar-refractivity contribution in [2.75, 3.05) is 13.2 Å². The first-order valence-electron chi connectivity index (χ1n) is 7.64. The van der Waals surface area contributed by atoms with Crippen LogP contribution in [-0.2, 0) is 0 Å². The van der Waals surface area contributed by atoms with Crippen LogP contribution in [0.1, 0.15) is 33.6 Å². The number of carbonyl (C=O) groups excluding carboxylic acids is 2. The number of aromatic hydroxyl groups is 2. The van der Waals surface area contributed by atoms with E-state index in [0.29, 0.717) is 0 Å². The van der Waals surface area contributed by atoms with Gasteiger partial charge in [-0.05, 0) is 12.1 Å². The Morgan fingerprint density at radius 3 is 2.48 bits per heavy atom. The summed E-state index contributed by atoms with van der Waals surface area (Å²) in [6, 6.07) is 6.66. The quantitative estimate of drug-likeness (QED) is 0.809. The SMILES string of the molecule is O=C(CCC(=O)c1c(O)cc2c(c1O)OCCO2)c1ccccc1F. The molecule has 0 atom stereocenters. The summed E-state index contributed by atoms with van der Waals surface area (Å²) >= 11 is 0. The van der Waals surface area contributed by atoms with E-state index in [1.807, 2.05) is 0 Å². The molecule has 6 nitrogen and oxygen atoms in total. The molecule has 0 aliphatic carbocycles. The van der Waals surface area contributed by atoms with Gasteiger partial charge in [0, 0.05) is 18.9 Å². The van der Waals surface area contributed by atoms with Gasteiger partial charge in [0.15, 0.2) is 23.1 Å². The van der Waals surface area contributed by atoms with Crippen LogP contribution in [0.5, 0.6) is 23.0 Å². The Bertz CT molecular complexity index is 846. The smallest absolute Gasteiger partial charge is 0.204 e. The van der Waals surface area contributed by atoms with Gasteiger partial charge in [-0.15, -0.1) is 0 Å². The van der Waals surface area contributed by atoms with Gasteiger partial charge in [-0.3, -0.25) is 9.59 Å². The van der Waals surface area contributed by atoms with Gasteiger partial charge in [-0.2, -0.15) is 0 Å². The summed E-state index contributed by atoms with van der Waals surface area (Å²) in [5.41, 5.74) is -0.448. The first-order chi connectivity index (χ1) is 12.0. The zero-order chi connectivity index (χ0) is 18.0. The minimum Gasteiger partial charge on any atom is -0.507 e. The van der Waals surface area contributed by atoms with Gasteiger partial charge < -0.3 is 19.7 Å². The van der Waals surface area contributed by atoms with Crippen LogP contribution in [0.15, 0.2) is 30.3 Å². The van der Waals surface area contributed by atoms with E-state index in [1.165, 1.54) is 24.3 Å². The summed E-state index contributed by atoms with van der Waals surface area (Å²) in [5.74, 6) is -2.74. The predicted molar refractivity (Wildman–Crippen MR) is 85.1 cm³/mol. The Morgan fingerprint density at radius 1 is 1.04 bits per heavy atom. The Hall–Kier alpha value is -3.09. The van der Waals surface area contributed by atoms with Crippen molar-refractivity contribution in [2.45, 2.75) is 12.8 Å². The molecule has 0 fully saturated rings. The summed E-state index contributed by atoms with van der Waals surface area (Å²) in [6.45, 7) is 0.459. The van der Waals surface area contributed by atoms with E-state index in [4.69, 9.17) is 9.47 Å². The van der Waals surface area contributed by atoms with Crippen LogP contribution in [0, 0.1) is 5.82 Å². The summed E-state index contributed by atoms with van der Waals surface area (Å²) < 4.78 is 24.1. The van der Waals surface area contributed by atoms with Crippen molar-refractivity contribution in [1.29, 1.82) is 0 Å². The lowest BCUT2D eigenvalue weighted by molar-refractivity contribution is 0.0910. The lowest BCUT2D eigenvalue weighted by atomic mass is 9.99. The molecular weight excluding hydrogens is 331 g/mol. The molecule has 7 heteroatoms. The highest BCUT2D eigenvalue weighted by Gasteiger charge is 2.27. The lowest BCUT2D eigenvalue weighted by Crippen LogP contribution is -2.16. The maximum Gasteiger partial charge on any atom is 0.204 e. The number of Topliss-reactive ketones (excluding diaryl/α,β-unsaturated/α-hetero) is 2. The van der Waals surface area contributed by atoms with Gasteiger partial charge in [-0.25, -0.2) is 4.39 Å². The monoisotopic (exact) mass is 346 g/mol. The molecule has 0 unspecified atom stereocenters. The Balaban J connectivity index is 1.78. The normalized spacial score (nSPS) is 12.7. The Labute approximate surface area is 142 Å². The molecule has 1 heterocycles. The first kappa shape index (κ1) is 16.8. The molecule has 0 saturated heterocycles. The molecule has 2 aromatic carbocycles. The van der Waals surface area contributed by atoms with E-state index in [0.717, 1.165) is 6.07 Å². The number of phenols is 2. The molecule has 0 aromatic heterocycles. The number of halogens is 1. The molecule has 0 bridgehead atoms. The van der Waals surface area contributed by atoms with Crippen molar-refractivity contribution >= 4 is 11.6 Å². The molecule has 25 heavy (non-hydrogen) atoms. The Kier molecular flexibility index (Phi) is 4.56. The van der Waals surface area contributed by atoms with Crippen LogP contribution < -0.4 is 9.47 Å². The van der Waals surface area contributed by atoms with Crippen LogP contribution in [0.25, 0.3) is 0 Å². The van der Waals surface area contributed by atoms with Gasteiger partial charge in [0.25, 0.3) is 0 Å². The van der Waals surface area contributed by atoms with Gasteiger partial charge in [-0.1, -0.05) is 12.1 Å². The number of hydrogen-bond donors (Lipinski definition) is 2. The topological polar surface area (TPSA) is 93.1 Å². The summed E-state index contributed by atoms with van der Waals surface area (Å²) in [5, 5.41) is 20.2. The van der Waals surface area contributed by atoms with E-state index in [-0.39, 0.29) is 48.7 Å². The van der Waals surface area contributed by atoms with Crippen molar-refractivity contribution in [2.24, 2.45) is 0 Å². The standard InChI is InChI=1S/C18H15FO6/c19-11-4-2-1-3-10(11)12(20)5-6-13(21)16-14(22)9-15-18(17(16)23)25-8-7-24-15/h1-4,9,22-23H,5-8H2. The first-order valence-corrected chi connectivity index (χ1v) is 7.64. The molecule has 130 valence electrons. The molecule has 0 amide bonds. The number of benzene rings is 2. The van der Waals surface area contributed by atoms with Crippen molar-refractivity contribution in [3.8, 4) is 23.0 Å². The van der Waals surface area contributed by atoms with Crippen molar-refractivity contribution < 1.29 is 33.7 Å². The third-order valence-electron chi connectivity index (χ3n) is 3.82. The zero-order valence-electron chi connectivity index (χ0n) is 13.1. The van der Waals surface area contributed by atoms with E-state index in [9.17, 15) is 24.2 Å². The van der Waals surface area contributed by atoms with Crippen molar-refractivity contribution in [3.63, 3.8) is 0 Å². The third-order valence-corrected chi connectivity index (χ3v) is 3.82. The second-order valence-corrected chi connectivity index (χ2v) is 5.47. The summed E-state index contributed by atoms with van der Waals surface area (Å²) in [7, 11) is 0. The van der Waals surface area contributed by atoms with Crippen LogP contribution in [0.2, 0.25) is 0 Å².